The van der Waals surface area contributed by atoms with E-state index in [0.29, 0.717) is 12.6 Å². The van der Waals surface area contributed by atoms with Crippen LogP contribution in [-0.4, -0.2) is 35.7 Å². The van der Waals surface area contributed by atoms with Crippen LogP contribution in [-0.2, 0) is 17.7 Å². The van der Waals surface area contributed by atoms with Crippen molar-refractivity contribution in [3.63, 3.8) is 0 Å². The summed E-state index contributed by atoms with van der Waals surface area (Å²) in [6.45, 7) is 1.42. The van der Waals surface area contributed by atoms with Crippen molar-refractivity contribution in [3.8, 4) is 0 Å². The Kier molecular flexibility index (Phi) is 3.31. The summed E-state index contributed by atoms with van der Waals surface area (Å²) in [4.78, 5) is 14.3. The summed E-state index contributed by atoms with van der Waals surface area (Å²) in [7, 11) is 0. The maximum atomic E-state index is 12.4. The van der Waals surface area contributed by atoms with E-state index in [4.69, 9.17) is 16.3 Å². The molecule has 2 fully saturated rings. The lowest BCUT2D eigenvalue weighted by Gasteiger charge is -2.31. The monoisotopic (exact) mass is 306 g/mol. The molecule has 0 radical (unpaired) electrons. The third kappa shape index (κ3) is 2.51. The number of nitrogens with zero attached hydrogens (tertiary/aromatic N) is 1. The van der Waals surface area contributed by atoms with Crippen molar-refractivity contribution < 1.29 is 9.53 Å². The molecule has 21 heavy (non-hydrogen) atoms. The molecule has 3 heterocycles. The molecular weight excluding hydrogens is 288 g/mol. The van der Waals surface area contributed by atoms with Crippen molar-refractivity contribution in [3.05, 3.63) is 34.3 Å². The van der Waals surface area contributed by atoms with Crippen molar-refractivity contribution in [2.45, 2.75) is 50.5 Å². The van der Waals surface area contributed by atoms with Gasteiger partial charge in [-0.25, -0.2) is 4.79 Å². The van der Waals surface area contributed by atoms with Crippen LogP contribution in [0.5, 0.6) is 0 Å². The Bertz CT molecular complexity index is 577. The number of nitrogens with one attached hydrogen (secondary N) is 1. The van der Waals surface area contributed by atoms with E-state index in [9.17, 15) is 4.79 Å². The van der Waals surface area contributed by atoms with Gasteiger partial charge in [0, 0.05) is 18.1 Å². The molecule has 2 bridgehead atoms. The van der Waals surface area contributed by atoms with Gasteiger partial charge in [-0.2, -0.15) is 0 Å². The predicted octanol–water partition coefficient (Wildman–Crippen LogP) is 2.73. The number of rotatable bonds is 1. The second-order valence-electron chi connectivity index (χ2n) is 6.25. The van der Waals surface area contributed by atoms with Crippen molar-refractivity contribution in [2.75, 3.05) is 6.54 Å². The van der Waals surface area contributed by atoms with Crippen LogP contribution in [0, 0.1) is 0 Å². The number of hydrogen-bond donors (Lipinski definition) is 1. The van der Waals surface area contributed by atoms with Crippen LogP contribution >= 0.6 is 11.6 Å². The molecule has 3 aliphatic rings. The van der Waals surface area contributed by atoms with Crippen LogP contribution in [0.2, 0.25) is 5.02 Å². The number of hydrogen-bond acceptors (Lipinski definition) is 2. The van der Waals surface area contributed by atoms with Crippen molar-refractivity contribution in [2.24, 2.45) is 0 Å². The summed E-state index contributed by atoms with van der Waals surface area (Å²) in [6.07, 6.45) is 4.66. The van der Waals surface area contributed by atoms with E-state index in [1.165, 1.54) is 11.1 Å². The van der Waals surface area contributed by atoms with Crippen LogP contribution in [0.15, 0.2) is 18.2 Å². The lowest BCUT2D eigenvalue weighted by atomic mass is 9.95. The molecule has 1 N–H and O–H groups in total. The Hall–Kier alpha value is -1.26. The molecule has 112 valence electrons. The summed E-state index contributed by atoms with van der Waals surface area (Å²) < 4.78 is 5.79. The summed E-state index contributed by atoms with van der Waals surface area (Å²) >= 11 is 6.02. The van der Waals surface area contributed by atoms with Crippen LogP contribution in [0.4, 0.5) is 4.79 Å². The number of ether oxygens (including phenoxy) is 1. The summed E-state index contributed by atoms with van der Waals surface area (Å²) in [6, 6.07) is 6.17. The minimum Gasteiger partial charge on any atom is -0.373 e. The van der Waals surface area contributed by atoms with Gasteiger partial charge in [0.15, 0.2) is 0 Å². The summed E-state index contributed by atoms with van der Waals surface area (Å²) in [5.74, 6) is 0. The third-order valence-electron chi connectivity index (χ3n) is 4.88. The Morgan fingerprint density at radius 2 is 2.24 bits per heavy atom. The molecule has 0 aromatic heterocycles. The van der Waals surface area contributed by atoms with E-state index in [1.807, 2.05) is 23.1 Å². The Morgan fingerprint density at radius 3 is 3.00 bits per heavy atom. The average Bonchev–Trinajstić information content (AvgIpc) is 3.09. The maximum Gasteiger partial charge on any atom is 0.318 e. The highest BCUT2D eigenvalue weighted by Gasteiger charge is 2.41. The lowest BCUT2D eigenvalue weighted by molar-refractivity contribution is 0.0968. The Labute approximate surface area is 129 Å². The highest BCUT2D eigenvalue weighted by atomic mass is 35.5. The van der Waals surface area contributed by atoms with E-state index in [1.54, 1.807) is 0 Å². The standard InChI is InChI=1S/C16H19ClN2O2/c17-12-2-1-11-9-19(6-5-10(11)7-12)16(20)18-14-8-13-3-4-15(14)21-13/h1-2,7,13-15H,3-6,8-9H2,(H,18,20)/t13-,14-,15-/m1/s1. The van der Waals surface area contributed by atoms with Crippen LogP contribution in [0.3, 0.4) is 0 Å². The summed E-state index contributed by atoms with van der Waals surface area (Å²) in [5.41, 5.74) is 2.46. The molecular formula is C16H19ClN2O2. The molecule has 4 nitrogen and oxygen atoms in total. The summed E-state index contributed by atoms with van der Waals surface area (Å²) in [5, 5.41) is 3.93. The third-order valence-corrected chi connectivity index (χ3v) is 5.12. The van der Waals surface area contributed by atoms with Gasteiger partial charge in [-0.05, 0) is 48.9 Å². The molecule has 2 saturated heterocycles. The number of carbonyl (C=O) groups is 1. The second kappa shape index (κ2) is 5.18. The Balaban J connectivity index is 1.41. The van der Waals surface area contributed by atoms with E-state index < -0.39 is 0 Å². The van der Waals surface area contributed by atoms with Gasteiger partial charge in [-0.15, -0.1) is 0 Å². The quantitative estimate of drug-likeness (QED) is 0.867. The molecule has 0 unspecified atom stereocenters. The lowest BCUT2D eigenvalue weighted by Crippen LogP contribution is -2.49. The van der Waals surface area contributed by atoms with E-state index in [0.717, 1.165) is 37.3 Å². The molecule has 1 aromatic rings. The van der Waals surface area contributed by atoms with Gasteiger partial charge in [0.05, 0.1) is 18.2 Å². The fourth-order valence-electron chi connectivity index (χ4n) is 3.73. The first kappa shape index (κ1) is 13.4. The number of amides is 2. The molecule has 0 aliphatic carbocycles. The van der Waals surface area contributed by atoms with E-state index >= 15 is 0 Å². The smallest absolute Gasteiger partial charge is 0.318 e. The van der Waals surface area contributed by atoms with Crippen LogP contribution in [0.25, 0.3) is 0 Å². The maximum absolute atomic E-state index is 12.4. The molecule has 1 aromatic carbocycles. The first-order valence-electron chi connectivity index (χ1n) is 7.67. The topological polar surface area (TPSA) is 41.6 Å². The molecule has 4 rings (SSSR count). The zero-order valence-corrected chi connectivity index (χ0v) is 12.6. The normalized spacial score (nSPS) is 30.3. The molecule has 0 saturated carbocycles. The number of benzene rings is 1. The minimum atomic E-state index is 0.0387. The minimum absolute atomic E-state index is 0.0387. The van der Waals surface area contributed by atoms with Gasteiger partial charge in [0.1, 0.15) is 0 Å². The molecule has 0 spiro atoms. The zero-order valence-electron chi connectivity index (χ0n) is 11.8. The van der Waals surface area contributed by atoms with Gasteiger partial charge in [-0.3, -0.25) is 0 Å². The SMILES string of the molecule is O=C(N[C@@H]1C[C@H]2CC[C@H]1O2)N1CCc2cc(Cl)ccc2C1. The fourth-order valence-corrected chi connectivity index (χ4v) is 3.93. The highest BCUT2D eigenvalue weighted by Crippen LogP contribution is 2.34. The first-order chi connectivity index (χ1) is 10.2. The van der Waals surface area contributed by atoms with Crippen LogP contribution < -0.4 is 5.32 Å². The van der Waals surface area contributed by atoms with Crippen LogP contribution in [0.1, 0.15) is 30.4 Å². The Morgan fingerprint density at radius 1 is 1.33 bits per heavy atom. The first-order valence-corrected chi connectivity index (χ1v) is 8.05. The van der Waals surface area contributed by atoms with Gasteiger partial charge < -0.3 is 15.0 Å². The zero-order chi connectivity index (χ0) is 14.4. The largest absolute Gasteiger partial charge is 0.373 e. The van der Waals surface area contributed by atoms with E-state index in [2.05, 4.69) is 5.32 Å². The number of carbonyl (C=O) groups excluding carboxylic acids is 1. The number of halogens is 1. The fraction of sp³-hybridized carbons (Fsp3) is 0.562. The molecule has 3 atom stereocenters. The number of fused-ring (bicyclic) bond motifs is 3. The van der Waals surface area contributed by atoms with Gasteiger partial charge in [-0.1, -0.05) is 17.7 Å². The van der Waals surface area contributed by atoms with Crippen molar-refractivity contribution in [1.29, 1.82) is 0 Å². The van der Waals surface area contributed by atoms with Gasteiger partial charge in [0.25, 0.3) is 0 Å². The predicted molar refractivity (Wildman–Crippen MR) is 80.4 cm³/mol. The van der Waals surface area contributed by atoms with E-state index in [-0.39, 0.29) is 18.2 Å². The van der Waals surface area contributed by atoms with Gasteiger partial charge >= 0.3 is 6.03 Å². The average molecular weight is 307 g/mol. The van der Waals surface area contributed by atoms with Crippen molar-refractivity contribution in [1.82, 2.24) is 10.2 Å². The van der Waals surface area contributed by atoms with Gasteiger partial charge in [0.2, 0.25) is 0 Å². The number of urea groups is 1. The highest BCUT2D eigenvalue weighted by molar-refractivity contribution is 6.30. The molecule has 2 amide bonds. The molecule has 3 aliphatic heterocycles. The second-order valence-corrected chi connectivity index (χ2v) is 6.69. The molecule has 5 heteroatoms. The van der Waals surface area contributed by atoms with Crippen molar-refractivity contribution >= 4 is 17.6 Å².